The highest BCUT2D eigenvalue weighted by Gasteiger charge is 2.56. The Morgan fingerprint density at radius 3 is 2.54 bits per heavy atom. The van der Waals surface area contributed by atoms with Crippen LogP contribution in [0.1, 0.15) is 60.8 Å². The Labute approximate surface area is 155 Å². The molecule has 2 rings (SSSR count). The Balaban J connectivity index is 2.15. The number of amides is 4. The normalized spacial score (nSPS) is 30.1. The van der Waals surface area contributed by atoms with Crippen LogP contribution < -0.4 is 10.6 Å². The van der Waals surface area contributed by atoms with Crippen molar-refractivity contribution in [1.29, 1.82) is 5.26 Å². The van der Waals surface area contributed by atoms with Gasteiger partial charge in [0.2, 0.25) is 5.91 Å². The molecule has 1 aliphatic heterocycles. The quantitative estimate of drug-likeness (QED) is 0.748. The van der Waals surface area contributed by atoms with E-state index in [9.17, 15) is 19.6 Å². The molecule has 1 aliphatic carbocycles. The molecule has 1 saturated carbocycles. The first-order valence-corrected chi connectivity index (χ1v) is 9.20. The van der Waals surface area contributed by atoms with E-state index in [1.54, 1.807) is 6.92 Å². The average Bonchev–Trinajstić information content (AvgIpc) is 2.68. The van der Waals surface area contributed by atoms with Crippen LogP contribution in [0.25, 0.3) is 0 Å². The molecule has 3 unspecified atom stereocenters. The van der Waals surface area contributed by atoms with Gasteiger partial charge in [0, 0.05) is 0 Å². The SMILES string of the molecule is CC1CC(C)(C)CC2(C1)NC(=O)N(CC(=O)NC(C)(C#N)C(C)C)C2=O. The van der Waals surface area contributed by atoms with E-state index < -0.39 is 23.0 Å². The third-order valence-electron chi connectivity index (χ3n) is 5.71. The summed E-state index contributed by atoms with van der Waals surface area (Å²) >= 11 is 0. The predicted octanol–water partition coefficient (Wildman–Crippen LogP) is 2.18. The molecular formula is C19H30N4O3. The van der Waals surface area contributed by atoms with Crippen LogP contribution in [0.5, 0.6) is 0 Å². The maximum atomic E-state index is 13.0. The Morgan fingerprint density at radius 2 is 2.04 bits per heavy atom. The monoisotopic (exact) mass is 362 g/mol. The van der Waals surface area contributed by atoms with Crippen LogP contribution in [-0.2, 0) is 9.59 Å². The van der Waals surface area contributed by atoms with Gasteiger partial charge in [-0.1, -0.05) is 34.6 Å². The molecule has 4 amide bonds. The summed E-state index contributed by atoms with van der Waals surface area (Å²) in [6.07, 6.45) is 2.14. The van der Waals surface area contributed by atoms with Crippen molar-refractivity contribution in [3.05, 3.63) is 0 Å². The molecular weight excluding hydrogens is 332 g/mol. The van der Waals surface area contributed by atoms with Gasteiger partial charge in [0.15, 0.2) is 0 Å². The summed E-state index contributed by atoms with van der Waals surface area (Å²) in [5.74, 6) is -0.641. The van der Waals surface area contributed by atoms with Crippen molar-refractivity contribution >= 4 is 17.8 Å². The van der Waals surface area contributed by atoms with Crippen molar-refractivity contribution in [2.75, 3.05) is 6.54 Å². The van der Waals surface area contributed by atoms with Crippen LogP contribution >= 0.6 is 0 Å². The van der Waals surface area contributed by atoms with E-state index >= 15 is 0 Å². The van der Waals surface area contributed by atoms with Gasteiger partial charge < -0.3 is 10.6 Å². The van der Waals surface area contributed by atoms with Gasteiger partial charge in [-0.3, -0.25) is 14.5 Å². The number of hydrogen-bond donors (Lipinski definition) is 2. The van der Waals surface area contributed by atoms with Gasteiger partial charge in [0.1, 0.15) is 17.6 Å². The molecule has 144 valence electrons. The highest BCUT2D eigenvalue weighted by Crippen LogP contribution is 2.46. The lowest BCUT2D eigenvalue weighted by Gasteiger charge is -2.43. The second-order valence-electron chi connectivity index (χ2n) is 9.27. The minimum absolute atomic E-state index is 0.0596. The van der Waals surface area contributed by atoms with Crippen LogP contribution in [0, 0.1) is 28.6 Å². The van der Waals surface area contributed by atoms with Crippen molar-refractivity contribution < 1.29 is 14.4 Å². The molecule has 0 aromatic rings. The first-order valence-electron chi connectivity index (χ1n) is 9.20. The van der Waals surface area contributed by atoms with Crippen LogP contribution in [0.2, 0.25) is 0 Å². The van der Waals surface area contributed by atoms with E-state index in [1.807, 2.05) is 13.8 Å². The van der Waals surface area contributed by atoms with Crippen molar-refractivity contribution in [2.45, 2.75) is 71.9 Å². The molecule has 1 heterocycles. The van der Waals surface area contributed by atoms with Gasteiger partial charge in [-0.25, -0.2) is 4.79 Å². The first-order chi connectivity index (χ1) is 11.8. The maximum absolute atomic E-state index is 13.0. The van der Waals surface area contributed by atoms with E-state index in [0.717, 1.165) is 11.3 Å². The van der Waals surface area contributed by atoms with Gasteiger partial charge in [0.25, 0.3) is 5.91 Å². The zero-order chi connectivity index (χ0) is 19.9. The Bertz CT molecular complexity index is 666. The fourth-order valence-corrected chi connectivity index (χ4v) is 4.42. The van der Waals surface area contributed by atoms with Crippen LogP contribution in [0.4, 0.5) is 4.79 Å². The smallest absolute Gasteiger partial charge is 0.325 e. The molecule has 0 aromatic carbocycles. The number of carbonyl (C=O) groups is 3. The maximum Gasteiger partial charge on any atom is 0.325 e. The Kier molecular flexibility index (Phi) is 5.10. The fourth-order valence-electron chi connectivity index (χ4n) is 4.42. The zero-order valence-electron chi connectivity index (χ0n) is 16.6. The number of nitrogens with zero attached hydrogens (tertiary/aromatic N) is 2. The van der Waals surface area contributed by atoms with Gasteiger partial charge in [-0.05, 0) is 43.4 Å². The lowest BCUT2D eigenvalue weighted by molar-refractivity contribution is -0.138. The molecule has 1 spiro atoms. The minimum Gasteiger partial charge on any atom is -0.336 e. The van der Waals surface area contributed by atoms with Crippen molar-refractivity contribution in [2.24, 2.45) is 17.3 Å². The summed E-state index contributed by atoms with van der Waals surface area (Å²) in [4.78, 5) is 38.8. The van der Waals surface area contributed by atoms with E-state index in [1.165, 1.54) is 0 Å². The topological polar surface area (TPSA) is 102 Å². The highest BCUT2D eigenvalue weighted by molar-refractivity contribution is 6.09. The number of rotatable bonds is 4. The summed E-state index contributed by atoms with van der Waals surface area (Å²) in [6.45, 7) is 11.2. The summed E-state index contributed by atoms with van der Waals surface area (Å²) in [7, 11) is 0. The lowest BCUT2D eigenvalue weighted by Crippen LogP contribution is -2.55. The molecule has 26 heavy (non-hydrogen) atoms. The molecule has 0 radical (unpaired) electrons. The molecule has 3 atom stereocenters. The molecule has 2 aliphatic rings. The van der Waals surface area contributed by atoms with E-state index in [4.69, 9.17) is 0 Å². The third kappa shape index (κ3) is 3.69. The van der Waals surface area contributed by atoms with Gasteiger partial charge in [0.05, 0.1) is 6.07 Å². The summed E-state index contributed by atoms with van der Waals surface area (Å²) in [5, 5.41) is 14.8. The Hall–Kier alpha value is -2.10. The highest BCUT2D eigenvalue weighted by atomic mass is 16.2. The third-order valence-corrected chi connectivity index (χ3v) is 5.71. The second-order valence-corrected chi connectivity index (χ2v) is 9.27. The van der Waals surface area contributed by atoms with Gasteiger partial charge >= 0.3 is 6.03 Å². The van der Waals surface area contributed by atoms with Crippen LogP contribution in [0.3, 0.4) is 0 Å². The standard InChI is InChI=1S/C19H30N4O3/c1-12(2)18(6,11-20)21-14(24)9-23-15(25)19(22-16(23)26)8-13(3)7-17(4,5)10-19/h12-13H,7-10H2,1-6H3,(H,21,24)(H,22,26). The Morgan fingerprint density at radius 1 is 1.42 bits per heavy atom. The van der Waals surface area contributed by atoms with Crippen LogP contribution in [0.15, 0.2) is 0 Å². The average molecular weight is 362 g/mol. The molecule has 7 heteroatoms. The number of carbonyl (C=O) groups excluding carboxylic acids is 3. The van der Waals surface area contributed by atoms with Crippen molar-refractivity contribution in [3.63, 3.8) is 0 Å². The molecule has 0 bridgehead atoms. The predicted molar refractivity (Wildman–Crippen MR) is 96.8 cm³/mol. The first kappa shape index (κ1) is 20.2. The van der Waals surface area contributed by atoms with Gasteiger partial charge in [-0.2, -0.15) is 5.26 Å². The summed E-state index contributed by atoms with van der Waals surface area (Å²) < 4.78 is 0. The lowest BCUT2D eigenvalue weighted by atomic mass is 9.64. The molecule has 0 aromatic heterocycles. The molecule has 2 N–H and O–H groups in total. The number of urea groups is 1. The summed E-state index contributed by atoms with van der Waals surface area (Å²) in [6, 6.07) is 1.56. The zero-order valence-corrected chi connectivity index (χ0v) is 16.6. The number of nitriles is 1. The van der Waals surface area contributed by atoms with Crippen molar-refractivity contribution in [3.8, 4) is 6.07 Å². The fraction of sp³-hybridized carbons (Fsp3) is 0.789. The second kappa shape index (κ2) is 6.57. The number of imide groups is 1. The largest absolute Gasteiger partial charge is 0.336 e. The van der Waals surface area contributed by atoms with Crippen molar-refractivity contribution in [1.82, 2.24) is 15.5 Å². The number of nitrogens with one attached hydrogen (secondary N) is 2. The van der Waals surface area contributed by atoms with Gasteiger partial charge in [-0.15, -0.1) is 0 Å². The number of hydrogen-bond acceptors (Lipinski definition) is 4. The molecule has 7 nitrogen and oxygen atoms in total. The molecule has 2 fully saturated rings. The van der Waals surface area contributed by atoms with E-state index in [-0.39, 0.29) is 23.8 Å². The molecule has 1 saturated heterocycles. The minimum atomic E-state index is -1.05. The van der Waals surface area contributed by atoms with E-state index in [0.29, 0.717) is 18.8 Å². The van der Waals surface area contributed by atoms with E-state index in [2.05, 4.69) is 37.5 Å². The summed E-state index contributed by atoms with van der Waals surface area (Å²) in [5.41, 5.74) is -2.03. The van der Waals surface area contributed by atoms with Crippen LogP contribution in [-0.4, -0.2) is 40.4 Å².